The summed E-state index contributed by atoms with van der Waals surface area (Å²) in [6.07, 6.45) is 1.19. The third-order valence-electron chi connectivity index (χ3n) is 3.25. The minimum atomic E-state index is -1.10. The van der Waals surface area contributed by atoms with E-state index in [1.807, 2.05) is 19.1 Å². The highest BCUT2D eigenvalue weighted by Crippen LogP contribution is 2.41. The number of carboxylic acid groups (broad SMARTS) is 1. The molecule has 0 aromatic carbocycles. The van der Waals surface area contributed by atoms with Crippen LogP contribution in [-0.2, 0) is 10.4 Å². The molecule has 1 aromatic heterocycles. The first-order chi connectivity index (χ1) is 7.90. The second-order valence-electron chi connectivity index (χ2n) is 4.66. The Balaban J connectivity index is 2.30. The first-order valence-electron chi connectivity index (χ1n) is 5.50. The molecule has 1 aromatic rings. The maximum Gasteiger partial charge on any atom is 0.306 e. The second kappa shape index (κ2) is 4.38. The van der Waals surface area contributed by atoms with Crippen LogP contribution in [0.25, 0.3) is 0 Å². The van der Waals surface area contributed by atoms with Crippen molar-refractivity contribution in [1.29, 1.82) is 0 Å². The summed E-state index contributed by atoms with van der Waals surface area (Å²) in [5.74, 6) is -1.31. The Morgan fingerprint density at radius 2 is 2.29 bits per heavy atom. The molecule has 0 aliphatic heterocycles. The number of nitrogens with zero attached hydrogens (tertiary/aromatic N) is 1. The monoisotopic (exact) mass is 299 g/mol. The van der Waals surface area contributed by atoms with Gasteiger partial charge in [0.25, 0.3) is 0 Å². The minimum Gasteiger partial charge on any atom is -0.481 e. The molecule has 2 rings (SSSR count). The number of pyridine rings is 1. The predicted octanol–water partition coefficient (Wildman–Crippen LogP) is 2.22. The average Bonchev–Trinajstić information content (AvgIpc) is 2.61. The maximum atomic E-state index is 10.9. The van der Waals surface area contributed by atoms with Gasteiger partial charge in [0.15, 0.2) is 0 Å². The number of aryl methyl sites for hydroxylation is 1. The molecule has 2 atom stereocenters. The van der Waals surface area contributed by atoms with Crippen LogP contribution in [0, 0.1) is 12.8 Å². The summed E-state index contributed by atoms with van der Waals surface area (Å²) in [5, 5.41) is 19.4. The zero-order chi connectivity index (χ0) is 12.6. The maximum absolute atomic E-state index is 10.9. The fourth-order valence-electron chi connectivity index (χ4n) is 2.33. The molecule has 1 aliphatic carbocycles. The van der Waals surface area contributed by atoms with Crippen molar-refractivity contribution in [3.63, 3.8) is 0 Å². The van der Waals surface area contributed by atoms with Crippen LogP contribution in [0.5, 0.6) is 0 Å². The van der Waals surface area contributed by atoms with Crippen molar-refractivity contribution in [2.45, 2.75) is 31.8 Å². The lowest BCUT2D eigenvalue weighted by molar-refractivity contribution is -0.142. The van der Waals surface area contributed by atoms with Crippen LogP contribution in [0.15, 0.2) is 16.7 Å². The molecule has 5 heteroatoms. The van der Waals surface area contributed by atoms with Crippen LogP contribution >= 0.6 is 15.9 Å². The summed E-state index contributed by atoms with van der Waals surface area (Å²) < 4.78 is 0.666. The van der Waals surface area contributed by atoms with Crippen LogP contribution in [0.4, 0.5) is 0 Å². The molecule has 1 heterocycles. The van der Waals surface area contributed by atoms with Gasteiger partial charge in [0.1, 0.15) is 10.2 Å². The summed E-state index contributed by atoms with van der Waals surface area (Å²) in [4.78, 5) is 15.2. The Morgan fingerprint density at radius 3 is 2.82 bits per heavy atom. The number of aliphatic hydroxyl groups is 1. The summed E-state index contributed by atoms with van der Waals surface area (Å²) in [6, 6.07) is 3.67. The Kier molecular flexibility index (Phi) is 3.23. The van der Waals surface area contributed by atoms with E-state index >= 15 is 0 Å². The predicted molar refractivity (Wildman–Crippen MR) is 65.5 cm³/mol. The molecule has 0 bridgehead atoms. The normalized spacial score (nSPS) is 28.3. The smallest absolute Gasteiger partial charge is 0.306 e. The molecule has 1 saturated carbocycles. The van der Waals surface area contributed by atoms with E-state index in [2.05, 4.69) is 20.9 Å². The summed E-state index contributed by atoms with van der Waals surface area (Å²) in [6.45, 7) is 1.92. The molecule has 92 valence electrons. The number of aliphatic carboxylic acids is 1. The standard InChI is InChI=1S/C12H14BrNO3/c1-7-4-9(14-10(13)5-7)12(17)3-2-8(6-12)11(15)16/h4-5,8,17H,2-3,6H2,1H3,(H,15,16)/t8-,12-/m0/s1. The number of aromatic nitrogens is 1. The molecular formula is C12H14BrNO3. The Bertz CT molecular complexity index is 443. The van der Waals surface area contributed by atoms with Gasteiger partial charge in [-0.2, -0.15) is 0 Å². The van der Waals surface area contributed by atoms with E-state index in [0.29, 0.717) is 23.1 Å². The molecule has 1 aliphatic rings. The van der Waals surface area contributed by atoms with Crippen molar-refractivity contribution in [3.05, 3.63) is 28.0 Å². The molecule has 4 nitrogen and oxygen atoms in total. The van der Waals surface area contributed by atoms with Crippen LogP contribution in [0.3, 0.4) is 0 Å². The number of rotatable bonds is 2. The molecule has 0 saturated heterocycles. The van der Waals surface area contributed by atoms with Gasteiger partial charge < -0.3 is 10.2 Å². The number of hydrogen-bond donors (Lipinski definition) is 2. The average molecular weight is 300 g/mol. The van der Waals surface area contributed by atoms with Gasteiger partial charge in [-0.15, -0.1) is 0 Å². The molecule has 0 spiro atoms. The van der Waals surface area contributed by atoms with Crippen LogP contribution in [-0.4, -0.2) is 21.2 Å². The van der Waals surface area contributed by atoms with Crippen molar-refractivity contribution in [2.24, 2.45) is 5.92 Å². The first-order valence-corrected chi connectivity index (χ1v) is 6.30. The highest BCUT2D eigenvalue weighted by molar-refractivity contribution is 9.10. The highest BCUT2D eigenvalue weighted by atomic mass is 79.9. The van der Waals surface area contributed by atoms with Gasteiger partial charge in [-0.3, -0.25) is 4.79 Å². The van der Waals surface area contributed by atoms with Crippen LogP contribution in [0.2, 0.25) is 0 Å². The quantitative estimate of drug-likeness (QED) is 0.822. The van der Waals surface area contributed by atoms with E-state index in [4.69, 9.17) is 5.11 Å². The number of hydrogen-bond acceptors (Lipinski definition) is 3. The lowest BCUT2D eigenvalue weighted by atomic mass is 9.95. The largest absolute Gasteiger partial charge is 0.481 e. The van der Waals surface area contributed by atoms with Gasteiger partial charge in [0.05, 0.1) is 11.6 Å². The van der Waals surface area contributed by atoms with E-state index in [1.54, 1.807) is 0 Å². The third kappa shape index (κ3) is 2.50. The molecule has 2 N–H and O–H groups in total. The van der Waals surface area contributed by atoms with E-state index in [0.717, 1.165) is 5.56 Å². The summed E-state index contributed by atoms with van der Waals surface area (Å²) in [5.41, 5.74) is 0.458. The first kappa shape index (κ1) is 12.5. The highest BCUT2D eigenvalue weighted by Gasteiger charge is 2.42. The fourth-order valence-corrected chi connectivity index (χ4v) is 2.88. The lowest BCUT2D eigenvalue weighted by Crippen LogP contribution is -2.25. The van der Waals surface area contributed by atoms with E-state index in [9.17, 15) is 9.90 Å². The minimum absolute atomic E-state index is 0.241. The lowest BCUT2D eigenvalue weighted by Gasteiger charge is -2.22. The molecule has 0 radical (unpaired) electrons. The van der Waals surface area contributed by atoms with Crippen LogP contribution in [0.1, 0.15) is 30.5 Å². The van der Waals surface area contributed by atoms with Crippen molar-refractivity contribution in [3.8, 4) is 0 Å². The van der Waals surface area contributed by atoms with Gasteiger partial charge in [-0.05, 0) is 59.8 Å². The number of carbonyl (C=O) groups is 1. The second-order valence-corrected chi connectivity index (χ2v) is 5.47. The molecular weight excluding hydrogens is 286 g/mol. The van der Waals surface area contributed by atoms with Crippen molar-refractivity contribution < 1.29 is 15.0 Å². The van der Waals surface area contributed by atoms with Gasteiger partial charge in [-0.1, -0.05) is 0 Å². The Hall–Kier alpha value is -0.940. The van der Waals surface area contributed by atoms with E-state index in [-0.39, 0.29) is 6.42 Å². The third-order valence-corrected chi connectivity index (χ3v) is 3.66. The molecule has 0 amide bonds. The van der Waals surface area contributed by atoms with Gasteiger partial charge in [0, 0.05) is 0 Å². The van der Waals surface area contributed by atoms with Crippen LogP contribution < -0.4 is 0 Å². The molecule has 17 heavy (non-hydrogen) atoms. The van der Waals surface area contributed by atoms with Crippen molar-refractivity contribution >= 4 is 21.9 Å². The zero-order valence-electron chi connectivity index (χ0n) is 9.48. The van der Waals surface area contributed by atoms with Gasteiger partial charge in [-0.25, -0.2) is 4.98 Å². The van der Waals surface area contributed by atoms with Crippen molar-refractivity contribution in [2.75, 3.05) is 0 Å². The number of carboxylic acids is 1. The fraction of sp³-hybridized carbons (Fsp3) is 0.500. The van der Waals surface area contributed by atoms with E-state index in [1.165, 1.54) is 0 Å². The Labute approximate surface area is 108 Å². The zero-order valence-corrected chi connectivity index (χ0v) is 11.1. The number of halogens is 1. The van der Waals surface area contributed by atoms with Gasteiger partial charge in [0.2, 0.25) is 0 Å². The van der Waals surface area contributed by atoms with Crippen molar-refractivity contribution in [1.82, 2.24) is 4.98 Å². The Morgan fingerprint density at radius 1 is 1.59 bits per heavy atom. The van der Waals surface area contributed by atoms with Gasteiger partial charge >= 0.3 is 5.97 Å². The topological polar surface area (TPSA) is 70.4 Å². The molecule has 1 fully saturated rings. The summed E-state index contributed by atoms with van der Waals surface area (Å²) in [7, 11) is 0. The van der Waals surface area contributed by atoms with E-state index < -0.39 is 17.5 Å². The SMILES string of the molecule is Cc1cc(Br)nc([C@]2(O)CC[C@H](C(=O)O)C2)c1. The molecule has 0 unspecified atom stereocenters. The summed E-state index contributed by atoms with van der Waals surface area (Å²) >= 11 is 3.29.